The third kappa shape index (κ3) is 4.63. The number of carbonyl (C=O) groups is 1. The Morgan fingerprint density at radius 2 is 1.79 bits per heavy atom. The maximum Gasteiger partial charge on any atom is 0.416 e. The van der Waals surface area contributed by atoms with E-state index in [1.165, 1.54) is 12.1 Å². The van der Waals surface area contributed by atoms with Gasteiger partial charge in [0.15, 0.2) is 0 Å². The molecule has 1 amide bonds. The van der Waals surface area contributed by atoms with Gasteiger partial charge < -0.3 is 15.4 Å². The highest BCUT2D eigenvalue weighted by Crippen LogP contribution is 2.32. The summed E-state index contributed by atoms with van der Waals surface area (Å²) in [5.41, 5.74) is 5.67. The number of hydrogen-bond acceptors (Lipinski definition) is 3. The van der Waals surface area contributed by atoms with E-state index in [2.05, 4.69) is 0 Å². The lowest BCUT2D eigenvalue weighted by atomic mass is 9.85. The van der Waals surface area contributed by atoms with E-state index in [0.717, 1.165) is 17.7 Å². The van der Waals surface area contributed by atoms with Crippen LogP contribution >= 0.6 is 0 Å². The lowest BCUT2D eigenvalue weighted by Crippen LogP contribution is -2.50. The molecule has 2 rings (SSSR count). The first kappa shape index (κ1) is 18.6. The number of rotatable bonds is 1. The second kappa shape index (κ2) is 6.63. The average Bonchev–Trinajstić information content (AvgIpc) is 2.44. The van der Waals surface area contributed by atoms with Gasteiger partial charge in [0.1, 0.15) is 5.60 Å². The monoisotopic (exact) mass is 344 g/mol. The van der Waals surface area contributed by atoms with E-state index < -0.39 is 23.4 Å². The minimum atomic E-state index is -4.35. The molecule has 4 nitrogen and oxygen atoms in total. The van der Waals surface area contributed by atoms with Crippen molar-refractivity contribution in [1.29, 1.82) is 0 Å². The summed E-state index contributed by atoms with van der Waals surface area (Å²) < 4.78 is 43.2. The Hall–Kier alpha value is -1.76. The van der Waals surface area contributed by atoms with Gasteiger partial charge in [0.25, 0.3) is 0 Å². The van der Waals surface area contributed by atoms with Crippen LogP contribution in [0.15, 0.2) is 24.3 Å². The Morgan fingerprint density at radius 1 is 1.21 bits per heavy atom. The first-order valence-corrected chi connectivity index (χ1v) is 7.88. The predicted molar refractivity (Wildman–Crippen MR) is 84.6 cm³/mol. The zero-order chi connectivity index (χ0) is 18.1. The van der Waals surface area contributed by atoms with Crippen molar-refractivity contribution in [2.24, 2.45) is 5.73 Å². The molecule has 0 saturated carbocycles. The molecule has 0 spiro atoms. The summed E-state index contributed by atoms with van der Waals surface area (Å²) in [5.74, 6) is -0.0778. The summed E-state index contributed by atoms with van der Waals surface area (Å²) >= 11 is 0. The number of ether oxygens (including phenoxy) is 1. The second-order valence-corrected chi connectivity index (χ2v) is 7.11. The van der Waals surface area contributed by atoms with Crippen molar-refractivity contribution in [3.8, 4) is 0 Å². The van der Waals surface area contributed by atoms with Crippen LogP contribution in [-0.2, 0) is 10.9 Å². The molecule has 1 aromatic carbocycles. The maximum atomic E-state index is 12.6. The molecule has 0 radical (unpaired) electrons. The highest BCUT2D eigenvalue weighted by Gasteiger charge is 2.34. The predicted octanol–water partition coefficient (Wildman–Crippen LogP) is 3.76. The van der Waals surface area contributed by atoms with Crippen LogP contribution in [0.5, 0.6) is 0 Å². The van der Waals surface area contributed by atoms with E-state index >= 15 is 0 Å². The summed E-state index contributed by atoms with van der Waals surface area (Å²) in [6.45, 7) is 6.16. The molecule has 1 aliphatic heterocycles. The van der Waals surface area contributed by atoms with Crippen molar-refractivity contribution in [1.82, 2.24) is 4.90 Å². The fraction of sp³-hybridized carbons (Fsp3) is 0.588. The molecule has 0 aliphatic carbocycles. The van der Waals surface area contributed by atoms with Gasteiger partial charge in [-0.15, -0.1) is 0 Å². The topological polar surface area (TPSA) is 55.6 Å². The van der Waals surface area contributed by atoms with Crippen LogP contribution in [0.2, 0.25) is 0 Å². The van der Waals surface area contributed by atoms with Crippen molar-refractivity contribution in [3.05, 3.63) is 35.4 Å². The van der Waals surface area contributed by atoms with Crippen LogP contribution in [0, 0.1) is 0 Å². The van der Waals surface area contributed by atoms with Gasteiger partial charge in [-0.2, -0.15) is 13.2 Å². The first-order chi connectivity index (χ1) is 11.0. The first-order valence-electron chi connectivity index (χ1n) is 7.88. The molecule has 0 bridgehead atoms. The third-order valence-corrected chi connectivity index (χ3v) is 3.98. The Bertz CT molecular complexity index is 579. The molecule has 1 fully saturated rings. The number of nitrogens with zero attached hydrogens (tertiary/aromatic N) is 1. The maximum absolute atomic E-state index is 12.6. The highest BCUT2D eigenvalue weighted by atomic mass is 19.4. The molecule has 24 heavy (non-hydrogen) atoms. The normalized spacial score (nSPS) is 22.4. The second-order valence-electron chi connectivity index (χ2n) is 7.11. The number of piperidine rings is 1. The fourth-order valence-corrected chi connectivity index (χ4v) is 2.81. The minimum absolute atomic E-state index is 0.0778. The van der Waals surface area contributed by atoms with Gasteiger partial charge in [0.2, 0.25) is 0 Å². The highest BCUT2D eigenvalue weighted by molar-refractivity contribution is 5.68. The van der Waals surface area contributed by atoms with Gasteiger partial charge in [0, 0.05) is 25.0 Å². The van der Waals surface area contributed by atoms with E-state index in [4.69, 9.17) is 10.5 Å². The van der Waals surface area contributed by atoms with E-state index in [-0.39, 0.29) is 12.0 Å². The average molecular weight is 344 g/mol. The van der Waals surface area contributed by atoms with Crippen molar-refractivity contribution < 1.29 is 22.7 Å². The SMILES string of the molecule is CC(C)(C)OC(=O)N1CC[C@H](c2ccc(C(F)(F)F)cc2)[C@H](N)C1. The summed E-state index contributed by atoms with van der Waals surface area (Å²) in [6.07, 6.45) is -4.17. The largest absolute Gasteiger partial charge is 0.444 e. The number of amides is 1. The van der Waals surface area contributed by atoms with Gasteiger partial charge in [0.05, 0.1) is 5.56 Å². The van der Waals surface area contributed by atoms with Crippen molar-refractivity contribution in [2.45, 2.75) is 50.9 Å². The quantitative estimate of drug-likeness (QED) is 0.844. The van der Waals surface area contributed by atoms with Crippen LogP contribution < -0.4 is 5.73 Å². The van der Waals surface area contributed by atoms with E-state index in [0.29, 0.717) is 19.5 Å². The number of nitrogens with two attached hydrogens (primary N) is 1. The van der Waals surface area contributed by atoms with Gasteiger partial charge in [-0.3, -0.25) is 0 Å². The van der Waals surface area contributed by atoms with E-state index in [1.807, 2.05) is 0 Å². The van der Waals surface area contributed by atoms with Gasteiger partial charge >= 0.3 is 12.3 Å². The van der Waals surface area contributed by atoms with E-state index in [9.17, 15) is 18.0 Å². The smallest absolute Gasteiger partial charge is 0.416 e. The van der Waals surface area contributed by atoms with Crippen LogP contribution in [0.1, 0.15) is 44.2 Å². The molecule has 0 unspecified atom stereocenters. The molecule has 1 heterocycles. The number of hydrogen-bond donors (Lipinski definition) is 1. The molecular formula is C17H23F3N2O2. The van der Waals surface area contributed by atoms with Crippen molar-refractivity contribution in [2.75, 3.05) is 13.1 Å². The van der Waals surface area contributed by atoms with Gasteiger partial charge in [-0.05, 0) is 44.9 Å². The Morgan fingerprint density at radius 3 is 2.25 bits per heavy atom. The minimum Gasteiger partial charge on any atom is -0.444 e. The molecule has 134 valence electrons. The molecule has 1 saturated heterocycles. The Labute approximate surface area is 139 Å². The van der Waals surface area contributed by atoms with Crippen LogP contribution in [0.4, 0.5) is 18.0 Å². The summed E-state index contributed by atoms with van der Waals surface area (Å²) in [5, 5.41) is 0. The van der Waals surface area contributed by atoms with Crippen molar-refractivity contribution >= 4 is 6.09 Å². The zero-order valence-corrected chi connectivity index (χ0v) is 14.1. The summed E-state index contributed by atoms with van der Waals surface area (Å²) in [7, 11) is 0. The summed E-state index contributed by atoms with van der Waals surface area (Å²) in [6, 6.07) is 4.74. The number of carbonyl (C=O) groups excluding carboxylic acids is 1. The number of halogens is 3. The standard InChI is InChI=1S/C17H23F3N2O2/c1-16(2,3)24-15(23)22-9-8-13(14(21)10-22)11-4-6-12(7-5-11)17(18,19)20/h4-7,13-14H,8-10,21H2,1-3H3/t13-,14-/m1/s1. The van der Waals surface area contributed by atoms with Crippen LogP contribution in [-0.4, -0.2) is 35.7 Å². The molecule has 1 aliphatic rings. The zero-order valence-electron chi connectivity index (χ0n) is 14.1. The number of likely N-dealkylation sites (tertiary alicyclic amines) is 1. The Balaban J connectivity index is 2.02. The molecule has 2 atom stereocenters. The number of alkyl halides is 3. The van der Waals surface area contributed by atoms with Crippen LogP contribution in [0.25, 0.3) is 0 Å². The molecule has 0 aromatic heterocycles. The van der Waals surface area contributed by atoms with Crippen LogP contribution in [0.3, 0.4) is 0 Å². The van der Waals surface area contributed by atoms with Crippen molar-refractivity contribution in [3.63, 3.8) is 0 Å². The molecule has 1 aromatic rings. The molecule has 2 N–H and O–H groups in total. The molecule has 7 heteroatoms. The summed E-state index contributed by atoms with van der Waals surface area (Å²) in [4.78, 5) is 13.6. The molecular weight excluding hydrogens is 321 g/mol. The van der Waals surface area contributed by atoms with Gasteiger partial charge in [-0.25, -0.2) is 4.79 Å². The third-order valence-electron chi connectivity index (χ3n) is 3.98. The number of benzene rings is 1. The Kier molecular flexibility index (Phi) is 5.13. The van der Waals surface area contributed by atoms with Gasteiger partial charge in [-0.1, -0.05) is 12.1 Å². The van der Waals surface area contributed by atoms with E-state index in [1.54, 1.807) is 25.7 Å². The fourth-order valence-electron chi connectivity index (χ4n) is 2.81. The lowest BCUT2D eigenvalue weighted by Gasteiger charge is -2.37. The lowest BCUT2D eigenvalue weighted by molar-refractivity contribution is -0.137.